The van der Waals surface area contributed by atoms with Gasteiger partial charge in [-0.3, -0.25) is 4.57 Å². The minimum absolute atomic E-state index is 0.0537. The molecule has 0 atom stereocenters. The van der Waals surface area contributed by atoms with Crippen molar-refractivity contribution in [3.8, 4) is 0 Å². The van der Waals surface area contributed by atoms with Crippen LogP contribution in [-0.2, 0) is 11.3 Å². The molecule has 0 aliphatic carbocycles. The second kappa shape index (κ2) is 3.90. The number of H-pyrrole nitrogens is 1. The number of carboxylic acid groups (broad SMARTS) is 1. The maximum Gasteiger partial charge on any atom is 0.354 e. The summed E-state index contributed by atoms with van der Waals surface area (Å²) >= 11 is 0. The summed E-state index contributed by atoms with van der Waals surface area (Å²) < 4.78 is 5.86. The highest BCUT2D eigenvalue weighted by atomic mass is 16.5. The lowest BCUT2D eigenvalue weighted by Crippen LogP contribution is -2.23. The fraction of sp³-hybridized carbons (Fsp3) is 0.429. The largest absolute Gasteiger partial charge is 0.477 e. The van der Waals surface area contributed by atoms with Gasteiger partial charge in [0.25, 0.3) is 0 Å². The maximum atomic E-state index is 11.0. The Labute approximate surface area is 73.8 Å². The number of carboxylic acids is 1. The molecule has 0 aromatic carbocycles. The van der Waals surface area contributed by atoms with Crippen molar-refractivity contribution >= 4 is 5.97 Å². The Morgan fingerprint density at radius 2 is 2.46 bits per heavy atom. The Morgan fingerprint density at radius 1 is 1.77 bits per heavy atom. The van der Waals surface area contributed by atoms with Gasteiger partial charge in [0, 0.05) is 13.3 Å². The Balaban J connectivity index is 2.95. The van der Waals surface area contributed by atoms with E-state index < -0.39 is 11.7 Å². The summed E-state index contributed by atoms with van der Waals surface area (Å²) in [5.41, 5.74) is -0.489. The number of hydrogen-bond donors (Lipinski definition) is 2. The van der Waals surface area contributed by atoms with E-state index in [9.17, 15) is 9.59 Å². The molecular formula is C7H10N2O4. The molecule has 13 heavy (non-hydrogen) atoms. The molecule has 1 heterocycles. The van der Waals surface area contributed by atoms with Gasteiger partial charge in [-0.2, -0.15) is 0 Å². The number of aromatic amines is 1. The van der Waals surface area contributed by atoms with Gasteiger partial charge in [-0.15, -0.1) is 0 Å². The lowest BCUT2D eigenvalue weighted by atomic mass is 10.4. The molecule has 1 rings (SSSR count). The van der Waals surface area contributed by atoms with Crippen LogP contribution in [0.5, 0.6) is 0 Å². The summed E-state index contributed by atoms with van der Waals surface area (Å²) in [5, 5.41) is 8.66. The predicted octanol–water partition coefficient (Wildman–Crippen LogP) is -0.479. The van der Waals surface area contributed by atoms with Gasteiger partial charge in [0.2, 0.25) is 0 Å². The van der Waals surface area contributed by atoms with E-state index in [0.717, 1.165) is 4.57 Å². The maximum absolute atomic E-state index is 11.0. The first-order chi connectivity index (χ1) is 6.16. The van der Waals surface area contributed by atoms with Crippen molar-refractivity contribution in [3.63, 3.8) is 0 Å². The molecule has 0 aliphatic heterocycles. The second-order valence-electron chi connectivity index (χ2n) is 2.43. The van der Waals surface area contributed by atoms with Gasteiger partial charge in [0.05, 0.1) is 13.2 Å². The zero-order valence-electron chi connectivity index (χ0n) is 7.11. The Morgan fingerprint density at radius 3 is 3.00 bits per heavy atom. The lowest BCUT2D eigenvalue weighted by molar-refractivity contribution is 0.0682. The van der Waals surface area contributed by atoms with Gasteiger partial charge in [0.1, 0.15) is 5.69 Å². The van der Waals surface area contributed by atoms with Crippen LogP contribution in [0.4, 0.5) is 0 Å². The molecule has 0 bridgehead atoms. The van der Waals surface area contributed by atoms with E-state index in [1.54, 1.807) is 0 Å². The van der Waals surface area contributed by atoms with Crippen LogP contribution in [0.3, 0.4) is 0 Å². The SMILES string of the molecule is COCCn1c(C(=O)O)c[nH]c1=O. The van der Waals surface area contributed by atoms with Crippen molar-refractivity contribution in [2.45, 2.75) is 6.54 Å². The molecule has 0 saturated carbocycles. The number of methoxy groups -OCH3 is 1. The zero-order valence-corrected chi connectivity index (χ0v) is 7.11. The monoisotopic (exact) mass is 186 g/mol. The summed E-state index contributed by atoms with van der Waals surface area (Å²) in [5.74, 6) is -1.13. The number of carbonyl (C=O) groups is 1. The lowest BCUT2D eigenvalue weighted by Gasteiger charge is -2.01. The van der Waals surface area contributed by atoms with Crippen LogP contribution >= 0.6 is 0 Å². The topological polar surface area (TPSA) is 84.3 Å². The van der Waals surface area contributed by atoms with Crippen LogP contribution in [0.1, 0.15) is 10.5 Å². The molecule has 0 amide bonds. The summed E-state index contributed by atoms with van der Waals surface area (Å²) in [6.45, 7) is 0.540. The van der Waals surface area contributed by atoms with Crippen molar-refractivity contribution in [3.05, 3.63) is 22.4 Å². The molecule has 6 heteroatoms. The molecule has 1 aromatic heterocycles. The Kier molecular flexibility index (Phi) is 2.86. The average Bonchev–Trinajstić information content (AvgIpc) is 2.43. The average molecular weight is 186 g/mol. The van der Waals surface area contributed by atoms with Crippen molar-refractivity contribution in [1.29, 1.82) is 0 Å². The Hall–Kier alpha value is -1.56. The van der Waals surface area contributed by atoms with E-state index >= 15 is 0 Å². The predicted molar refractivity (Wildman–Crippen MR) is 43.9 cm³/mol. The van der Waals surface area contributed by atoms with Crippen LogP contribution < -0.4 is 5.69 Å². The summed E-state index contributed by atoms with van der Waals surface area (Å²) in [6.07, 6.45) is 1.17. The highest BCUT2D eigenvalue weighted by molar-refractivity contribution is 5.85. The number of hydrogen-bond acceptors (Lipinski definition) is 3. The summed E-state index contributed by atoms with van der Waals surface area (Å²) in [4.78, 5) is 23.9. The van der Waals surface area contributed by atoms with Crippen molar-refractivity contribution in [1.82, 2.24) is 9.55 Å². The first-order valence-corrected chi connectivity index (χ1v) is 3.67. The normalized spacial score (nSPS) is 10.2. The minimum atomic E-state index is -1.13. The number of imidazole rings is 1. The number of aromatic carboxylic acids is 1. The number of nitrogens with one attached hydrogen (secondary N) is 1. The quantitative estimate of drug-likeness (QED) is 0.665. The highest BCUT2D eigenvalue weighted by Gasteiger charge is 2.11. The zero-order chi connectivity index (χ0) is 9.84. The van der Waals surface area contributed by atoms with E-state index in [4.69, 9.17) is 9.84 Å². The van der Waals surface area contributed by atoms with Gasteiger partial charge in [0.15, 0.2) is 0 Å². The van der Waals surface area contributed by atoms with Crippen LogP contribution in [-0.4, -0.2) is 34.3 Å². The molecule has 0 fully saturated rings. The Bertz CT molecular complexity index is 352. The van der Waals surface area contributed by atoms with Crippen molar-refractivity contribution in [2.75, 3.05) is 13.7 Å². The van der Waals surface area contributed by atoms with Gasteiger partial charge >= 0.3 is 11.7 Å². The first kappa shape index (κ1) is 9.53. The van der Waals surface area contributed by atoms with Crippen LogP contribution in [0, 0.1) is 0 Å². The second-order valence-corrected chi connectivity index (χ2v) is 2.43. The third-order valence-electron chi connectivity index (χ3n) is 1.61. The third kappa shape index (κ3) is 1.97. The number of nitrogens with zero attached hydrogens (tertiary/aromatic N) is 1. The smallest absolute Gasteiger partial charge is 0.354 e. The highest BCUT2D eigenvalue weighted by Crippen LogP contribution is 1.94. The number of aromatic nitrogens is 2. The van der Waals surface area contributed by atoms with Crippen molar-refractivity contribution < 1.29 is 14.6 Å². The molecule has 0 radical (unpaired) electrons. The van der Waals surface area contributed by atoms with Crippen LogP contribution in [0.2, 0.25) is 0 Å². The molecule has 0 aliphatic rings. The molecule has 2 N–H and O–H groups in total. The van der Waals surface area contributed by atoms with Crippen molar-refractivity contribution in [2.24, 2.45) is 0 Å². The minimum Gasteiger partial charge on any atom is -0.477 e. The molecule has 0 spiro atoms. The van der Waals surface area contributed by atoms with Crippen LogP contribution in [0.25, 0.3) is 0 Å². The number of rotatable bonds is 4. The number of ether oxygens (including phenoxy) is 1. The van der Waals surface area contributed by atoms with E-state index in [2.05, 4.69) is 4.98 Å². The van der Waals surface area contributed by atoms with Gasteiger partial charge in [-0.1, -0.05) is 0 Å². The van der Waals surface area contributed by atoms with E-state index in [1.807, 2.05) is 0 Å². The van der Waals surface area contributed by atoms with Crippen LogP contribution in [0.15, 0.2) is 11.0 Å². The summed E-state index contributed by atoms with van der Waals surface area (Å²) in [6, 6.07) is 0. The van der Waals surface area contributed by atoms with E-state index in [0.29, 0.717) is 6.61 Å². The molecule has 0 unspecified atom stereocenters. The fourth-order valence-electron chi connectivity index (χ4n) is 0.977. The van der Waals surface area contributed by atoms with E-state index in [-0.39, 0.29) is 12.2 Å². The molecule has 0 saturated heterocycles. The van der Waals surface area contributed by atoms with Gasteiger partial charge < -0.3 is 14.8 Å². The summed E-state index contributed by atoms with van der Waals surface area (Å²) in [7, 11) is 1.48. The molecule has 6 nitrogen and oxygen atoms in total. The fourth-order valence-corrected chi connectivity index (χ4v) is 0.977. The van der Waals surface area contributed by atoms with Gasteiger partial charge in [-0.05, 0) is 0 Å². The third-order valence-corrected chi connectivity index (χ3v) is 1.61. The molecule has 1 aromatic rings. The molecule has 72 valence electrons. The van der Waals surface area contributed by atoms with E-state index in [1.165, 1.54) is 13.3 Å². The van der Waals surface area contributed by atoms with Gasteiger partial charge in [-0.25, -0.2) is 9.59 Å². The standard InChI is InChI=1S/C7H10N2O4/c1-13-3-2-9-5(6(10)11)4-8-7(9)12/h4H,2-3H2,1H3,(H,8,12)(H,10,11). The first-order valence-electron chi connectivity index (χ1n) is 3.67. The molecular weight excluding hydrogens is 176 g/mol.